The van der Waals surface area contributed by atoms with Crippen LogP contribution >= 0.6 is 42.2 Å². The maximum absolute atomic E-state index is 6.43. The Morgan fingerprint density at radius 1 is 1.10 bits per heavy atom. The first-order chi connectivity index (χ1) is 19.2. The molecular weight excluding hydrogens is 611 g/mol. The van der Waals surface area contributed by atoms with Gasteiger partial charge >= 0.3 is 0 Å². The first-order valence-corrected chi connectivity index (χ1v) is 18.9. The van der Waals surface area contributed by atoms with Gasteiger partial charge < -0.3 is 13.8 Å². The van der Waals surface area contributed by atoms with Crippen molar-refractivity contribution in [2.75, 3.05) is 52.5 Å². The van der Waals surface area contributed by atoms with Crippen molar-refractivity contribution < 1.29 is 13.8 Å². The fraction of sp³-hybridized carbons (Fsp3) is 0.548. The summed E-state index contributed by atoms with van der Waals surface area (Å²) in [5.74, 6) is 0.572. The number of nitrogens with zero attached hydrogens (tertiary/aromatic N) is 2. The van der Waals surface area contributed by atoms with Crippen molar-refractivity contribution in [3.63, 3.8) is 0 Å². The number of piperazine rings is 1. The van der Waals surface area contributed by atoms with Crippen LogP contribution in [0.25, 0.3) is 0 Å². The molecule has 5 atom stereocenters. The van der Waals surface area contributed by atoms with E-state index in [1.54, 1.807) is 11.4 Å². The van der Waals surface area contributed by atoms with Gasteiger partial charge in [0.15, 0.2) is 0 Å². The Kier molecular flexibility index (Phi) is 12.3. The lowest BCUT2D eigenvalue weighted by molar-refractivity contribution is 0.0391. The smallest absolute Gasteiger partial charge is 0.248 e. The van der Waals surface area contributed by atoms with Gasteiger partial charge in [-0.15, -0.1) is 0 Å². The maximum Gasteiger partial charge on any atom is 0.248 e. The van der Waals surface area contributed by atoms with Gasteiger partial charge in [0.05, 0.1) is 31.5 Å². The van der Waals surface area contributed by atoms with Gasteiger partial charge in [-0.1, -0.05) is 77.6 Å². The van der Waals surface area contributed by atoms with E-state index < -0.39 is 5.69 Å². The van der Waals surface area contributed by atoms with Gasteiger partial charge in [0.2, 0.25) is 5.69 Å². The largest absolute Gasteiger partial charge is 0.378 e. The molecule has 2 aliphatic heterocycles. The highest BCUT2D eigenvalue weighted by atomic mass is 35.5. The minimum atomic E-state index is -2.33. The van der Waals surface area contributed by atoms with Gasteiger partial charge in [0.1, 0.15) is 0 Å². The minimum absolute atomic E-state index is 0. The first kappa shape index (κ1) is 33.5. The molecule has 2 saturated heterocycles. The lowest BCUT2D eigenvalue weighted by Crippen LogP contribution is -2.48. The molecule has 0 bridgehead atoms. The van der Waals surface area contributed by atoms with Crippen molar-refractivity contribution in [3.05, 3.63) is 82.9 Å². The highest BCUT2D eigenvalue weighted by Gasteiger charge is 2.53. The van der Waals surface area contributed by atoms with E-state index in [9.17, 15) is 0 Å². The van der Waals surface area contributed by atoms with Crippen LogP contribution in [0.4, 0.5) is 0 Å². The van der Waals surface area contributed by atoms with E-state index in [1.807, 2.05) is 12.1 Å². The number of ether oxygens (including phenoxy) is 1. The zero-order chi connectivity index (χ0) is 28.2. The summed E-state index contributed by atoms with van der Waals surface area (Å²) >= 11 is 13.8. The van der Waals surface area contributed by atoms with Gasteiger partial charge in [-0.05, 0) is 74.1 Å². The zero-order valence-corrected chi connectivity index (χ0v) is 28.5. The number of halogens is 1. The van der Waals surface area contributed by atoms with Crippen molar-refractivity contribution in [1.82, 2.24) is 9.80 Å². The normalized spacial score (nSPS) is 29.4. The summed E-state index contributed by atoms with van der Waals surface area (Å²) < 4.78 is 18.5. The van der Waals surface area contributed by atoms with Crippen molar-refractivity contribution in [3.8, 4) is 0 Å². The van der Waals surface area contributed by atoms with Crippen molar-refractivity contribution in [2.24, 2.45) is 5.92 Å². The highest BCUT2D eigenvalue weighted by Crippen LogP contribution is 2.74. The molecule has 1 saturated carbocycles. The molecule has 5 nitrogen and oxygen atoms in total. The van der Waals surface area contributed by atoms with Gasteiger partial charge in [0.25, 0.3) is 0 Å². The Morgan fingerprint density at radius 3 is 2.46 bits per heavy atom. The van der Waals surface area contributed by atoms with E-state index in [1.165, 1.54) is 16.7 Å². The average Bonchev–Trinajstić information content (AvgIpc) is 3.22. The SMILES string of the molecule is C=C(C)[C@H]1CC[C@@]2(C)O[P@](=S)(OCCOCCN3CCN(C(c4ccccc4)c4ccc(Cl)cc4)CC3)S[C@@H]2C1.S. The van der Waals surface area contributed by atoms with Crippen molar-refractivity contribution in [1.29, 1.82) is 0 Å². The molecule has 226 valence electrons. The molecule has 1 aliphatic carbocycles. The van der Waals surface area contributed by atoms with Crippen LogP contribution in [0.1, 0.15) is 50.3 Å². The van der Waals surface area contributed by atoms with Gasteiger partial charge in [-0.25, -0.2) is 0 Å². The third-order valence-electron chi connectivity index (χ3n) is 8.54. The third-order valence-corrected chi connectivity index (χ3v) is 14.5. The summed E-state index contributed by atoms with van der Waals surface area (Å²) in [5.41, 5.74) is 1.38. The summed E-state index contributed by atoms with van der Waals surface area (Å²) in [6, 6.07) is 19.3. The molecule has 2 heterocycles. The molecule has 3 fully saturated rings. The molecule has 0 N–H and O–H groups in total. The number of allylic oxidation sites excluding steroid dienone is 1. The second kappa shape index (κ2) is 15.1. The van der Waals surface area contributed by atoms with E-state index in [-0.39, 0.29) is 25.1 Å². The second-order valence-corrected chi connectivity index (χ2v) is 18.2. The van der Waals surface area contributed by atoms with E-state index in [0.29, 0.717) is 31.0 Å². The van der Waals surface area contributed by atoms with E-state index in [4.69, 9.17) is 37.2 Å². The van der Waals surface area contributed by atoms with Crippen LogP contribution in [0, 0.1) is 5.92 Å². The summed E-state index contributed by atoms with van der Waals surface area (Å²) in [4.78, 5) is 5.06. The number of hydrogen-bond donors (Lipinski definition) is 0. The van der Waals surface area contributed by atoms with E-state index in [0.717, 1.165) is 57.0 Å². The van der Waals surface area contributed by atoms with Crippen LogP contribution in [0.2, 0.25) is 5.02 Å². The fourth-order valence-electron chi connectivity index (χ4n) is 6.09. The Morgan fingerprint density at radius 2 is 1.78 bits per heavy atom. The molecule has 0 radical (unpaired) electrons. The number of fused-ring (bicyclic) bond motifs is 1. The Labute approximate surface area is 267 Å². The van der Waals surface area contributed by atoms with Gasteiger partial charge in [-0.3, -0.25) is 9.80 Å². The topological polar surface area (TPSA) is 34.2 Å². The summed E-state index contributed by atoms with van der Waals surface area (Å²) in [6.45, 7) is 15.2. The predicted molar refractivity (Wildman–Crippen MR) is 182 cm³/mol. The Bertz CT molecular complexity index is 1180. The lowest BCUT2D eigenvalue weighted by Gasteiger charge is -2.39. The molecular formula is C31H44ClN2O3PS3. The molecule has 10 heteroatoms. The highest BCUT2D eigenvalue weighted by molar-refractivity contribution is 8.68. The molecule has 0 spiro atoms. The summed E-state index contributed by atoms with van der Waals surface area (Å²) in [6.07, 6.45) is 3.25. The quantitative estimate of drug-likeness (QED) is 0.140. The summed E-state index contributed by atoms with van der Waals surface area (Å²) in [7, 11) is 0. The number of benzene rings is 2. The van der Waals surface area contributed by atoms with Gasteiger partial charge in [0, 0.05) is 43.0 Å². The molecule has 0 aromatic heterocycles. The summed E-state index contributed by atoms with van der Waals surface area (Å²) in [5, 5.41) is 1.17. The van der Waals surface area contributed by atoms with E-state index in [2.05, 4.69) is 72.7 Å². The molecule has 3 aliphatic rings. The fourth-order valence-corrected chi connectivity index (χ4v) is 13.1. The molecule has 41 heavy (non-hydrogen) atoms. The van der Waals surface area contributed by atoms with Crippen LogP contribution < -0.4 is 0 Å². The van der Waals surface area contributed by atoms with Crippen LogP contribution in [0.3, 0.4) is 0 Å². The van der Waals surface area contributed by atoms with Crippen LogP contribution in [-0.2, 0) is 25.6 Å². The molecule has 0 amide bonds. The molecule has 5 rings (SSSR count). The maximum atomic E-state index is 6.43. The Hall–Kier alpha value is -0.380. The standard InChI is InChI=1S/C31H42ClN2O3PS2.H2S/c1-24(2)27-13-14-31(3)29(23-27)40-38(39,37-31)36-22-21-35-20-19-33-15-17-34(18-16-33)30(25-7-5-4-6-8-25)26-9-11-28(32)12-10-26;/h4-12,27,29-30H,1,13-23H2,2-3H3;1H2/t27-,29+,30?,31+,38-;/m0./s1. The van der Waals surface area contributed by atoms with Crippen LogP contribution in [0.15, 0.2) is 66.7 Å². The average molecular weight is 655 g/mol. The monoisotopic (exact) mass is 654 g/mol. The molecule has 2 aromatic rings. The van der Waals surface area contributed by atoms with Gasteiger partial charge in [-0.2, -0.15) is 13.5 Å². The Balaban J connectivity index is 0.00000387. The molecule has 2 aromatic carbocycles. The van der Waals surface area contributed by atoms with Crippen molar-refractivity contribution >= 4 is 54.0 Å². The van der Waals surface area contributed by atoms with Crippen LogP contribution in [-0.4, -0.2) is 73.2 Å². The minimum Gasteiger partial charge on any atom is -0.378 e. The number of hydrogen-bond acceptors (Lipinski definition) is 7. The first-order valence-electron chi connectivity index (χ1n) is 14.4. The van der Waals surface area contributed by atoms with Crippen molar-refractivity contribution in [2.45, 2.75) is 50.0 Å². The lowest BCUT2D eigenvalue weighted by atomic mass is 9.77. The third kappa shape index (κ3) is 8.63. The van der Waals surface area contributed by atoms with Crippen LogP contribution in [0.5, 0.6) is 0 Å². The number of rotatable bonds is 11. The second-order valence-electron chi connectivity index (χ2n) is 11.5. The molecule has 1 unspecified atom stereocenters. The zero-order valence-electron chi connectivity index (χ0n) is 24.2. The van der Waals surface area contributed by atoms with E-state index >= 15 is 0 Å². The predicted octanol–water partition coefficient (Wildman–Crippen LogP) is 7.68.